The number of rotatable bonds is 7. The van der Waals surface area contributed by atoms with E-state index in [1.165, 1.54) is 0 Å². The summed E-state index contributed by atoms with van der Waals surface area (Å²) in [5.41, 5.74) is 3.15. The van der Waals surface area contributed by atoms with Crippen LogP contribution < -0.4 is 15.4 Å². The van der Waals surface area contributed by atoms with Gasteiger partial charge in [-0.25, -0.2) is 9.97 Å². The Kier molecular flexibility index (Phi) is 5.89. The van der Waals surface area contributed by atoms with Gasteiger partial charge in [0.1, 0.15) is 17.9 Å². The number of para-hydroxylation sites is 2. The Morgan fingerprint density at radius 3 is 2.71 bits per heavy atom. The normalized spacial score (nSPS) is 10.6. The lowest BCUT2D eigenvalue weighted by Crippen LogP contribution is -2.25. The summed E-state index contributed by atoms with van der Waals surface area (Å²) in [4.78, 5) is 32.6. The van der Waals surface area contributed by atoms with Gasteiger partial charge in [-0.3, -0.25) is 14.2 Å². The van der Waals surface area contributed by atoms with Crippen LogP contribution in [0, 0.1) is 0 Å². The van der Waals surface area contributed by atoms with Gasteiger partial charge < -0.3 is 15.4 Å². The van der Waals surface area contributed by atoms with Gasteiger partial charge in [-0.15, -0.1) is 0 Å². The number of likely N-dealkylation sites (N-methyl/N-ethyl adjacent to an activating group) is 1. The summed E-state index contributed by atoms with van der Waals surface area (Å²) in [6.45, 7) is 0.264. The molecule has 0 bridgehead atoms. The first-order chi connectivity index (χ1) is 15.1. The summed E-state index contributed by atoms with van der Waals surface area (Å²) in [6, 6.07) is 18.5. The fraction of sp³-hybridized carbons (Fsp3) is 0.130. The summed E-state index contributed by atoms with van der Waals surface area (Å²) < 4.78 is 7.30. The maximum absolute atomic E-state index is 12.5. The number of hydrogen-bond acceptors (Lipinski definition) is 5. The number of fused-ring (bicyclic) bond motifs is 1. The molecule has 0 aliphatic rings. The molecule has 0 unspecified atom stereocenters. The van der Waals surface area contributed by atoms with Gasteiger partial charge in [-0.2, -0.15) is 0 Å². The maximum atomic E-state index is 12.5. The van der Waals surface area contributed by atoms with E-state index in [0.29, 0.717) is 23.7 Å². The van der Waals surface area contributed by atoms with Crippen molar-refractivity contribution in [3.05, 3.63) is 84.3 Å². The third-order valence-electron chi connectivity index (χ3n) is 4.71. The quantitative estimate of drug-likeness (QED) is 0.483. The number of pyridine rings is 1. The van der Waals surface area contributed by atoms with E-state index in [4.69, 9.17) is 4.74 Å². The second-order valence-corrected chi connectivity index (χ2v) is 6.80. The van der Waals surface area contributed by atoms with Crippen LogP contribution in [0.15, 0.2) is 73.2 Å². The van der Waals surface area contributed by atoms with Crippen molar-refractivity contribution in [3.63, 3.8) is 0 Å². The van der Waals surface area contributed by atoms with Gasteiger partial charge in [0.05, 0.1) is 16.6 Å². The van der Waals surface area contributed by atoms with E-state index < -0.39 is 0 Å². The van der Waals surface area contributed by atoms with Crippen LogP contribution in [0.2, 0.25) is 0 Å². The van der Waals surface area contributed by atoms with Crippen molar-refractivity contribution < 1.29 is 14.3 Å². The molecule has 156 valence electrons. The van der Waals surface area contributed by atoms with Crippen molar-refractivity contribution >= 4 is 22.8 Å². The van der Waals surface area contributed by atoms with Gasteiger partial charge in [0, 0.05) is 19.8 Å². The number of carbonyl (C=O) groups is 2. The van der Waals surface area contributed by atoms with Crippen LogP contribution in [0.4, 0.5) is 0 Å². The smallest absolute Gasteiger partial charge is 0.257 e. The Labute approximate surface area is 178 Å². The van der Waals surface area contributed by atoms with Crippen LogP contribution in [-0.2, 0) is 11.3 Å². The molecular weight excluding hydrogens is 394 g/mol. The molecule has 0 spiro atoms. The van der Waals surface area contributed by atoms with Crippen LogP contribution in [0.5, 0.6) is 5.75 Å². The number of carbonyl (C=O) groups excluding carboxylic acids is 2. The molecule has 0 aliphatic carbocycles. The Balaban J connectivity index is 1.39. The third kappa shape index (κ3) is 4.69. The molecule has 0 fully saturated rings. The molecule has 2 N–H and O–H groups in total. The largest absolute Gasteiger partial charge is 0.484 e. The highest BCUT2D eigenvalue weighted by Crippen LogP contribution is 2.17. The average molecular weight is 415 g/mol. The summed E-state index contributed by atoms with van der Waals surface area (Å²) in [5, 5.41) is 5.37. The second-order valence-electron chi connectivity index (χ2n) is 6.80. The molecule has 4 aromatic rings. The molecule has 0 saturated heterocycles. The molecule has 2 aromatic heterocycles. The summed E-state index contributed by atoms with van der Waals surface area (Å²) in [5.74, 6) is 0.810. The van der Waals surface area contributed by atoms with E-state index in [-0.39, 0.29) is 18.4 Å². The van der Waals surface area contributed by atoms with Gasteiger partial charge in [-0.05, 0) is 42.0 Å². The van der Waals surface area contributed by atoms with Crippen molar-refractivity contribution in [1.29, 1.82) is 0 Å². The van der Waals surface area contributed by atoms with Crippen LogP contribution >= 0.6 is 0 Å². The van der Waals surface area contributed by atoms with Gasteiger partial charge in [0.2, 0.25) is 0 Å². The number of ether oxygens (including phenoxy) is 1. The van der Waals surface area contributed by atoms with E-state index in [1.54, 1.807) is 43.8 Å². The number of nitrogens with one attached hydrogen (secondary N) is 2. The minimum atomic E-state index is -0.230. The number of benzene rings is 2. The molecule has 2 heterocycles. The first-order valence-corrected chi connectivity index (χ1v) is 9.73. The van der Waals surface area contributed by atoms with Crippen LogP contribution in [0.3, 0.4) is 0 Å². The molecule has 0 aliphatic heterocycles. The molecule has 0 radical (unpaired) electrons. The molecule has 0 saturated carbocycles. The van der Waals surface area contributed by atoms with E-state index in [2.05, 4.69) is 20.6 Å². The molecular formula is C23H21N5O3. The molecule has 8 nitrogen and oxygen atoms in total. The van der Waals surface area contributed by atoms with Crippen molar-refractivity contribution in [2.24, 2.45) is 0 Å². The molecule has 4 rings (SSSR count). The highest BCUT2D eigenvalue weighted by molar-refractivity contribution is 5.94. The summed E-state index contributed by atoms with van der Waals surface area (Å²) in [6.07, 6.45) is 3.26. The minimum absolute atomic E-state index is 0.0590. The summed E-state index contributed by atoms with van der Waals surface area (Å²) >= 11 is 0. The van der Waals surface area contributed by atoms with Gasteiger partial charge in [0.15, 0.2) is 6.61 Å². The lowest BCUT2D eigenvalue weighted by molar-refractivity contribution is -0.122. The van der Waals surface area contributed by atoms with Crippen molar-refractivity contribution in [2.45, 2.75) is 6.54 Å². The molecule has 8 heteroatoms. The third-order valence-corrected chi connectivity index (χ3v) is 4.71. The maximum Gasteiger partial charge on any atom is 0.257 e. The fourth-order valence-corrected chi connectivity index (χ4v) is 3.06. The van der Waals surface area contributed by atoms with E-state index in [1.807, 2.05) is 41.0 Å². The zero-order chi connectivity index (χ0) is 21.6. The zero-order valence-electron chi connectivity index (χ0n) is 16.9. The Hall–Kier alpha value is -4.20. The van der Waals surface area contributed by atoms with Crippen molar-refractivity contribution in [3.8, 4) is 11.6 Å². The summed E-state index contributed by atoms with van der Waals surface area (Å²) in [7, 11) is 1.55. The number of aromatic nitrogens is 3. The Morgan fingerprint density at radius 1 is 1.03 bits per heavy atom. The molecule has 2 amide bonds. The van der Waals surface area contributed by atoms with Crippen LogP contribution in [0.1, 0.15) is 15.9 Å². The Morgan fingerprint density at radius 2 is 1.90 bits per heavy atom. The first kappa shape index (κ1) is 20.1. The highest BCUT2D eigenvalue weighted by Gasteiger charge is 2.09. The zero-order valence-corrected chi connectivity index (χ0v) is 16.9. The highest BCUT2D eigenvalue weighted by atomic mass is 16.5. The number of nitrogens with zero attached hydrogens (tertiary/aromatic N) is 3. The topological polar surface area (TPSA) is 98.1 Å². The van der Waals surface area contributed by atoms with Gasteiger partial charge in [0.25, 0.3) is 11.8 Å². The Bertz CT molecular complexity index is 1220. The number of amides is 2. The average Bonchev–Trinajstić information content (AvgIpc) is 3.25. The predicted octanol–water partition coefficient (Wildman–Crippen LogP) is 2.48. The molecule has 2 aromatic carbocycles. The number of hydrogen-bond donors (Lipinski definition) is 2. The fourth-order valence-electron chi connectivity index (χ4n) is 3.06. The standard InChI is InChI=1S/C23H21N5O3/c1-24-22(29)14-31-18-6-4-5-16(11-18)12-26-23(30)17-9-10-21(25-13-17)28-15-27-19-7-2-3-8-20(19)28/h2-11,13,15H,12,14H2,1H3,(H,24,29)(H,26,30). The van der Waals surface area contributed by atoms with Crippen molar-refractivity contribution in [2.75, 3.05) is 13.7 Å². The lowest BCUT2D eigenvalue weighted by Gasteiger charge is -2.09. The van der Waals surface area contributed by atoms with Crippen molar-refractivity contribution in [1.82, 2.24) is 25.2 Å². The van der Waals surface area contributed by atoms with E-state index in [9.17, 15) is 9.59 Å². The number of imidazole rings is 1. The first-order valence-electron chi connectivity index (χ1n) is 9.73. The SMILES string of the molecule is CNC(=O)COc1cccc(CNC(=O)c2ccc(-n3cnc4ccccc43)nc2)c1. The van der Waals surface area contributed by atoms with Crippen LogP contribution in [0.25, 0.3) is 16.9 Å². The van der Waals surface area contributed by atoms with E-state index >= 15 is 0 Å². The predicted molar refractivity (Wildman–Crippen MR) is 116 cm³/mol. The van der Waals surface area contributed by atoms with Gasteiger partial charge in [-0.1, -0.05) is 24.3 Å². The minimum Gasteiger partial charge on any atom is -0.484 e. The molecule has 0 atom stereocenters. The van der Waals surface area contributed by atoms with Gasteiger partial charge >= 0.3 is 0 Å². The lowest BCUT2D eigenvalue weighted by atomic mass is 10.2. The second kappa shape index (κ2) is 9.08. The molecule has 31 heavy (non-hydrogen) atoms. The van der Waals surface area contributed by atoms with Crippen LogP contribution in [-0.4, -0.2) is 40.0 Å². The monoisotopic (exact) mass is 415 g/mol. The van der Waals surface area contributed by atoms with E-state index in [0.717, 1.165) is 16.6 Å².